The Morgan fingerprint density at radius 3 is 2.33 bits per heavy atom. The van der Waals surface area contributed by atoms with E-state index in [1.54, 1.807) is 0 Å². The van der Waals surface area contributed by atoms with Crippen LogP contribution in [0.4, 0.5) is 0 Å². The van der Waals surface area contributed by atoms with Gasteiger partial charge in [-0.05, 0) is 0 Å². The number of carbonyl (C=O) groups is 1. The van der Waals surface area contributed by atoms with E-state index in [1.165, 1.54) is 17.3 Å². The van der Waals surface area contributed by atoms with E-state index in [4.69, 9.17) is 0 Å². The molecular weight excluding hydrogens is 239 g/mol. The molecule has 0 fully saturated rings. The molecule has 0 atom stereocenters. The summed E-state index contributed by atoms with van der Waals surface area (Å²) in [5.74, 6) is 4.14. The minimum atomic E-state index is -0.00619. The van der Waals surface area contributed by atoms with Crippen molar-refractivity contribution in [3.63, 3.8) is 0 Å². The quantitative estimate of drug-likeness (QED) is 0.803. The summed E-state index contributed by atoms with van der Waals surface area (Å²) in [4.78, 5) is 12.1. The summed E-state index contributed by atoms with van der Waals surface area (Å²) >= 11 is 1.43. The zero-order chi connectivity index (χ0) is 14.0. The molecule has 0 N–H and O–H groups in total. The molecule has 0 aromatic carbocycles. The second-order valence-corrected chi connectivity index (χ2v) is 8.55. The van der Waals surface area contributed by atoms with Crippen LogP contribution < -0.4 is 0 Å². The molecule has 0 saturated carbocycles. The molecular formula is C15H23BOS. The van der Waals surface area contributed by atoms with Gasteiger partial charge in [-0.3, -0.25) is 0 Å². The van der Waals surface area contributed by atoms with E-state index in [0.717, 1.165) is 5.56 Å². The molecule has 0 radical (unpaired) electrons. The molecule has 0 aliphatic heterocycles. The molecule has 1 rings (SSSR count). The topological polar surface area (TPSA) is 17.1 Å². The molecule has 1 heterocycles. The van der Waals surface area contributed by atoms with Crippen molar-refractivity contribution < 1.29 is 4.79 Å². The minimum absolute atomic E-state index is 0.00619. The van der Waals surface area contributed by atoms with E-state index >= 15 is 0 Å². The van der Waals surface area contributed by atoms with Gasteiger partial charge in [0.25, 0.3) is 0 Å². The first-order valence-electron chi connectivity index (χ1n) is 6.40. The second-order valence-electron chi connectivity index (χ2n) is 6.67. The van der Waals surface area contributed by atoms with Crippen LogP contribution >= 0.6 is 11.8 Å². The molecule has 98 valence electrons. The van der Waals surface area contributed by atoms with Crippen LogP contribution in [0.25, 0.3) is 0 Å². The normalized spacial score (nSPS) is 12.3. The van der Waals surface area contributed by atoms with Crippen molar-refractivity contribution in [3.8, 4) is 0 Å². The monoisotopic (exact) mass is 262 g/mol. The maximum absolute atomic E-state index is 12.1. The fourth-order valence-electron chi connectivity index (χ4n) is 1.94. The molecule has 0 spiro atoms. The first-order chi connectivity index (χ1) is 8.09. The van der Waals surface area contributed by atoms with Crippen molar-refractivity contribution in [1.82, 2.24) is 0 Å². The van der Waals surface area contributed by atoms with Crippen molar-refractivity contribution in [2.24, 2.45) is 0 Å². The molecule has 0 aliphatic rings. The number of rotatable bonds is 2. The van der Waals surface area contributed by atoms with Gasteiger partial charge >= 0.3 is 116 Å². The van der Waals surface area contributed by atoms with Gasteiger partial charge in [0, 0.05) is 0 Å². The van der Waals surface area contributed by atoms with Crippen LogP contribution in [0.2, 0.25) is 0 Å². The van der Waals surface area contributed by atoms with Crippen LogP contribution in [0.3, 0.4) is 0 Å². The summed E-state index contributed by atoms with van der Waals surface area (Å²) in [6, 6.07) is 2.07. The Morgan fingerprint density at radius 2 is 1.83 bits per heavy atom. The van der Waals surface area contributed by atoms with Crippen molar-refractivity contribution in [2.75, 3.05) is 0 Å². The van der Waals surface area contributed by atoms with E-state index in [-0.39, 0.29) is 15.3 Å². The SMILES string of the molecule is CC(C)(C)SC(=O)Cc1ccbcc1C(C)(C)C. The second kappa shape index (κ2) is 5.60. The van der Waals surface area contributed by atoms with Crippen molar-refractivity contribution in [3.05, 3.63) is 29.1 Å². The molecule has 1 nitrogen and oxygen atoms in total. The third kappa shape index (κ3) is 4.97. The van der Waals surface area contributed by atoms with Gasteiger partial charge in [0.1, 0.15) is 0 Å². The molecule has 0 amide bonds. The number of hydrogen-bond acceptors (Lipinski definition) is 2. The van der Waals surface area contributed by atoms with Crippen molar-refractivity contribution in [1.29, 1.82) is 0 Å². The first-order valence-corrected chi connectivity index (χ1v) is 7.21. The fraction of sp³-hybridized carbons (Fsp3) is 0.600. The summed E-state index contributed by atoms with van der Waals surface area (Å²) in [6.45, 7) is 14.8. The number of thioether (sulfide) groups is 1. The zero-order valence-corrected chi connectivity index (χ0v) is 13.1. The summed E-state index contributed by atoms with van der Waals surface area (Å²) < 4.78 is -0.00619. The van der Waals surface area contributed by atoms with Gasteiger partial charge in [-0.15, -0.1) is 0 Å². The number of hydrogen-bond donors (Lipinski definition) is 0. The van der Waals surface area contributed by atoms with Crippen LogP contribution in [-0.4, -0.2) is 16.8 Å². The average Bonchev–Trinajstić information content (AvgIpc) is 2.13. The summed E-state index contributed by atoms with van der Waals surface area (Å²) in [5.41, 5.74) is 2.52. The van der Waals surface area contributed by atoms with Crippen LogP contribution in [-0.2, 0) is 16.6 Å². The van der Waals surface area contributed by atoms with Gasteiger partial charge in [0.2, 0.25) is 0 Å². The van der Waals surface area contributed by atoms with Crippen LogP contribution in [0, 0.1) is 0 Å². The predicted octanol–water partition coefficient (Wildman–Crippen LogP) is 3.92. The van der Waals surface area contributed by atoms with Crippen molar-refractivity contribution >= 4 is 23.8 Å². The summed E-state index contributed by atoms with van der Waals surface area (Å²) in [7, 11) is 0. The van der Waals surface area contributed by atoms with Crippen LogP contribution in [0.15, 0.2) is 18.0 Å². The van der Waals surface area contributed by atoms with E-state index in [0.29, 0.717) is 6.42 Å². The molecule has 1 aromatic rings. The Bertz CT molecular complexity index is 427. The van der Waals surface area contributed by atoms with E-state index in [2.05, 4.69) is 53.6 Å². The van der Waals surface area contributed by atoms with Gasteiger partial charge in [0.15, 0.2) is 0 Å². The van der Waals surface area contributed by atoms with Gasteiger partial charge in [0.05, 0.1) is 0 Å². The average molecular weight is 262 g/mol. The Morgan fingerprint density at radius 1 is 1.22 bits per heavy atom. The van der Waals surface area contributed by atoms with E-state index < -0.39 is 0 Å². The zero-order valence-electron chi connectivity index (χ0n) is 12.3. The molecule has 18 heavy (non-hydrogen) atoms. The Hall–Kier alpha value is -0.565. The molecule has 0 aliphatic carbocycles. The predicted molar refractivity (Wildman–Crippen MR) is 82.5 cm³/mol. The van der Waals surface area contributed by atoms with Gasteiger partial charge in [-0.1, -0.05) is 0 Å². The third-order valence-electron chi connectivity index (χ3n) is 2.58. The Labute approximate surface area is 116 Å². The Balaban J connectivity index is 2.89. The summed E-state index contributed by atoms with van der Waals surface area (Å²) in [5, 5.41) is 0.249. The molecule has 0 bridgehead atoms. The van der Waals surface area contributed by atoms with Crippen LogP contribution in [0.5, 0.6) is 0 Å². The van der Waals surface area contributed by atoms with E-state index in [9.17, 15) is 4.79 Å². The Kier molecular flexibility index (Phi) is 4.82. The van der Waals surface area contributed by atoms with Gasteiger partial charge < -0.3 is 0 Å². The van der Waals surface area contributed by atoms with Crippen molar-refractivity contribution in [2.45, 2.75) is 58.1 Å². The fourth-order valence-corrected chi connectivity index (χ4v) is 2.85. The third-order valence-corrected chi connectivity index (χ3v) is 3.56. The molecule has 1 aromatic heterocycles. The number of carbonyl (C=O) groups excluding carboxylic acids is 1. The molecule has 3 heteroatoms. The molecule has 0 unspecified atom stereocenters. The van der Waals surface area contributed by atoms with E-state index in [1.807, 2.05) is 12.9 Å². The first kappa shape index (κ1) is 15.5. The summed E-state index contributed by atoms with van der Waals surface area (Å²) in [6.07, 6.45) is 0.523. The van der Waals surface area contributed by atoms with Gasteiger partial charge in [-0.25, -0.2) is 0 Å². The van der Waals surface area contributed by atoms with Crippen LogP contribution in [0.1, 0.15) is 52.7 Å². The standard InChI is InChI=1S/C15H23BOS/c1-14(2,3)12-10-16-8-7-11(12)9-13(17)18-15(4,5)6/h7-8,10H,9H2,1-6H3. The maximum atomic E-state index is 12.1. The van der Waals surface area contributed by atoms with Gasteiger partial charge in [-0.2, -0.15) is 0 Å². The molecule has 0 saturated heterocycles.